The van der Waals surface area contributed by atoms with Crippen molar-refractivity contribution in [3.63, 3.8) is 0 Å². The third-order valence-electron chi connectivity index (χ3n) is 2.82. The summed E-state index contributed by atoms with van der Waals surface area (Å²) in [6.45, 7) is 3.41. The minimum Gasteiger partial charge on any atom is -0.481 e. The largest absolute Gasteiger partial charge is 0.481 e. The molecule has 1 aromatic rings. The minimum absolute atomic E-state index is 0.0766. The Morgan fingerprint density at radius 1 is 1.50 bits per heavy atom. The molecule has 0 fully saturated rings. The average Bonchev–Trinajstić information content (AvgIpc) is 2.23. The lowest BCUT2D eigenvalue weighted by Gasteiger charge is -2.16. The average molecular weight is 245 g/mol. The lowest BCUT2D eigenvalue weighted by atomic mass is 9.89. The monoisotopic (exact) mass is 244 g/mol. The molecule has 1 aromatic carbocycles. The van der Waals surface area contributed by atoms with Crippen molar-refractivity contribution < 1.29 is 14.3 Å². The molecule has 0 aromatic heterocycles. The van der Waals surface area contributed by atoms with Crippen LogP contribution in [-0.4, -0.2) is 11.1 Å². The molecule has 0 radical (unpaired) electrons. The first kappa shape index (κ1) is 13.0. The minimum atomic E-state index is -0.866. The van der Waals surface area contributed by atoms with Gasteiger partial charge in [-0.25, -0.2) is 4.39 Å². The summed E-state index contributed by atoms with van der Waals surface area (Å²) in [5, 5.41) is 8.91. The molecule has 0 saturated carbocycles. The Morgan fingerprint density at radius 3 is 2.69 bits per heavy atom. The molecule has 2 atom stereocenters. The van der Waals surface area contributed by atoms with Crippen LogP contribution in [0.15, 0.2) is 18.2 Å². The second kappa shape index (κ2) is 5.30. The highest BCUT2D eigenvalue weighted by molar-refractivity contribution is 6.30. The van der Waals surface area contributed by atoms with Gasteiger partial charge in [-0.15, -0.1) is 0 Å². The van der Waals surface area contributed by atoms with E-state index < -0.39 is 17.7 Å². The lowest BCUT2D eigenvalue weighted by molar-refractivity contribution is -0.142. The van der Waals surface area contributed by atoms with Gasteiger partial charge in [0.2, 0.25) is 0 Å². The number of hydrogen-bond acceptors (Lipinski definition) is 1. The van der Waals surface area contributed by atoms with E-state index in [1.54, 1.807) is 26.0 Å². The molecule has 0 aliphatic carbocycles. The van der Waals surface area contributed by atoms with Gasteiger partial charge in [0.25, 0.3) is 0 Å². The number of aliphatic carboxylic acids is 1. The van der Waals surface area contributed by atoms with E-state index in [9.17, 15) is 9.18 Å². The number of halogens is 2. The summed E-state index contributed by atoms with van der Waals surface area (Å²) in [6.07, 6.45) is 0.375. The molecule has 88 valence electrons. The number of carboxylic acids is 1. The van der Waals surface area contributed by atoms with Gasteiger partial charge in [-0.05, 0) is 24.0 Å². The standard InChI is InChI=1S/C12H14ClFO2/c1-7(8(2)12(15)16)6-9-4-3-5-10(13)11(9)14/h3-5,7-8H,6H2,1-2H3,(H,15,16). The van der Waals surface area contributed by atoms with E-state index in [0.29, 0.717) is 12.0 Å². The van der Waals surface area contributed by atoms with Crippen LogP contribution in [0.25, 0.3) is 0 Å². The van der Waals surface area contributed by atoms with E-state index in [-0.39, 0.29) is 10.9 Å². The van der Waals surface area contributed by atoms with Crippen LogP contribution in [0.5, 0.6) is 0 Å². The summed E-state index contributed by atoms with van der Waals surface area (Å²) in [5.41, 5.74) is 0.466. The zero-order valence-electron chi connectivity index (χ0n) is 9.21. The highest BCUT2D eigenvalue weighted by atomic mass is 35.5. The van der Waals surface area contributed by atoms with E-state index in [0.717, 1.165) is 0 Å². The second-order valence-corrected chi connectivity index (χ2v) is 4.43. The van der Waals surface area contributed by atoms with Crippen LogP contribution in [0.3, 0.4) is 0 Å². The fraction of sp³-hybridized carbons (Fsp3) is 0.417. The molecule has 2 unspecified atom stereocenters. The molecule has 1 rings (SSSR count). The molecule has 1 N–H and O–H groups in total. The Hall–Kier alpha value is -1.09. The summed E-state index contributed by atoms with van der Waals surface area (Å²) >= 11 is 5.65. The van der Waals surface area contributed by atoms with Crippen molar-refractivity contribution in [3.8, 4) is 0 Å². The van der Waals surface area contributed by atoms with E-state index in [4.69, 9.17) is 16.7 Å². The number of hydrogen-bond donors (Lipinski definition) is 1. The summed E-state index contributed by atoms with van der Waals surface area (Å²) in [5.74, 6) is -1.95. The normalized spacial score (nSPS) is 14.5. The van der Waals surface area contributed by atoms with E-state index in [2.05, 4.69) is 0 Å². The number of carboxylic acid groups (broad SMARTS) is 1. The highest BCUT2D eigenvalue weighted by Gasteiger charge is 2.21. The zero-order chi connectivity index (χ0) is 12.3. The molecule has 0 spiro atoms. The summed E-state index contributed by atoms with van der Waals surface area (Å²) in [7, 11) is 0. The Morgan fingerprint density at radius 2 is 2.12 bits per heavy atom. The van der Waals surface area contributed by atoms with E-state index >= 15 is 0 Å². The SMILES string of the molecule is CC(Cc1cccc(Cl)c1F)C(C)C(=O)O. The predicted octanol–water partition coefficient (Wildman–Crippen LogP) is 3.38. The second-order valence-electron chi connectivity index (χ2n) is 4.02. The fourth-order valence-corrected chi connectivity index (χ4v) is 1.67. The van der Waals surface area contributed by atoms with Crippen LogP contribution >= 0.6 is 11.6 Å². The molecular weight excluding hydrogens is 231 g/mol. The maximum Gasteiger partial charge on any atom is 0.306 e. The zero-order valence-corrected chi connectivity index (χ0v) is 9.96. The lowest BCUT2D eigenvalue weighted by Crippen LogP contribution is -2.20. The van der Waals surface area contributed by atoms with Crippen LogP contribution in [0.4, 0.5) is 4.39 Å². The molecular formula is C12H14ClFO2. The van der Waals surface area contributed by atoms with Crippen molar-refractivity contribution in [2.24, 2.45) is 11.8 Å². The van der Waals surface area contributed by atoms with Gasteiger partial charge in [0.1, 0.15) is 5.82 Å². The van der Waals surface area contributed by atoms with E-state index in [1.165, 1.54) is 6.07 Å². The first-order valence-electron chi connectivity index (χ1n) is 5.09. The Bertz CT molecular complexity index is 393. The van der Waals surface area contributed by atoms with Crippen molar-refractivity contribution in [3.05, 3.63) is 34.6 Å². The van der Waals surface area contributed by atoms with Crippen molar-refractivity contribution >= 4 is 17.6 Å². The van der Waals surface area contributed by atoms with Gasteiger partial charge in [0.05, 0.1) is 10.9 Å². The molecule has 0 aliphatic heterocycles. The molecule has 0 heterocycles. The van der Waals surface area contributed by atoms with Crippen molar-refractivity contribution in [1.82, 2.24) is 0 Å². The van der Waals surface area contributed by atoms with Crippen LogP contribution in [0.2, 0.25) is 5.02 Å². The van der Waals surface area contributed by atoms with Crippen LogP contribution < -0.4 is 0 Å². The molecule has 0 aliphatic rings. The third-order valence-corrected chi connectivity index (χ3v) is 3.11. The van der Waals surface area contributed by atoms with Gasteiger partial charge < -0.3 is 5.11 Å². The number of benzene rings is 1. The van der Waals surface area contributed by atoms with Crippen LogP contribution in [0, 0.1) is 17.7 Å². The third kappa shape index (κ3) is 2.95. The molecule has 4 heteroatoms. The number of rotatable bonds is 4. The summed E-state index contributed by atoms with van der Waals surface area (Å²) < 4.78 is 13.5. The van der Waals surface area contributed by atoms with Gasteiger partial charge in [-0.3, -0.25) is 4.79 Å². The summed E-state index contributed by atoms with van der Waals surface area (Å²) in [6, 6.07) is 4.77. The van der Waals surface area contributed by atoms with Gasteiger partial charge in [-0.1, -0.05) is 37.6 Å². The topological polar surface area (TPSA) is 37.3 Å². The first-order chi connectivity index (χ1) is 7.43. The Kier molecular flexibility index (Phi) is 4.30. The molecule has 0 saturated heterocycles. The van der Waals surface area contributed by atoms with Crippen LogP contribution in [-0.2, 0) is 11.2 Å². The Balaban J connectivity index is 2.81. The molecule has 0 amide bonds. The first-order valence-corrected chi connectivity index (χ1v) is 5.47. The van der Waals surface area contributed by atoms with Crippen molar-refractivity contribution in [2.45, 2.75) is 20.3 Å². The fourth-order valence-electron chi connectivity index (χ4n) is 1.47. The van der Waals surface area contributed by atoms with Crippen LogP contribution in [0.1, 0.15) is 19.4 Å². The van der Waals surface area contributed by atoms with Gasteiger partial charge in [-0.2, -0.15) is 0 Å². The smallest absolute Gasteiger partial charge is 0.306 e. The van der Waals surface area contributed by atoms with Gasteiger partial charge >= 0.3 is 5.97 Å². The maximum absolute atomic E-state index is 13.5. The quantitative estimate of drug-likeness (QED) is 0.882. The van der Waals surface area contributed by atoms with Crippen molar-refractivity contribution in [1.29, 1.82) is 0 Å². The highest BCUT2D eigenvalue weighted by Crippen LogP contribution is 2.23. The maximum atomic E-state index is 13.5. The predicted molar refractivity (Wildman–Crippen MR) is 61.1 cm³/mol. The van der Waals surface area contributed by atoms with Gasteiger partial charge in [0.15, 0.2) is 0 Å². The van der Waals surface area contributed by atoms with E-state index in [1.807, 2.05) is 0 Å². The molecule has 0 bridgehead atoms. The summed E-state index contributed by atoms with van der Waals surface area (Å²) in [4.78, 5) is 10.8. The molecule has 2 nitrogen and oxygen atoms in total. The van der Waals surface area contributed by atoms with Crippen molar-refractivity contribution in [2.75, 3.05) is 0 Å². The Labute approximate surface area is 99.0 Å². The number of carbonyl (C=O) groups is 1. The molecule has 16 heavy (non-hydrogen) atoms. The van der Waals surface area contributed by atoms with Gasteiger partial charge in [0, 0.05) is 0 Å².